The zero-order chi connectivity index (χ0) is 16.9. The highest BCUT2D eigenvalue weighted by Crippen LogP contribution is 2.35. The van der Waals surface area contributed by atoms with Crippen LogP contribution in [0, 0.1) is 24.2 Å². The third kappa shape index (κ3) is 4.08. The first-order valence-corrected chi connectivity index (χ1v) is 6.92. The fourth-order valence-electron chi connectivity index (χ4n) is 2.14. The summed E-state index contributed by atoms with van der Waals surface area (Å²) in [5.41, 5.74) is 7.10. The molecule has 23 heavy (non-hydrogen) atoms. The van der Waals surface area contributed by atoms with Crippen molar-refractivity contribution >= 4 is 5.69 Å². The van der Waals surface area contributed by atoms with Gasteiger partial charge in [-0.05, 0) is 29.8 Å². The monoisotopic (exact) mass is 313 g/mol. The summed E-state index contributed by atoms with van der Waals surface area (Å²) in [6.07, 6.45) is 1.80. The van der Waals surface area contributed by atoms with E-state index in [-0.39, 0.29) is 0 Å². The largest absolute Gasteiger partial charge is 0.416 e. The van der Waals surface area contributed by atoms with Crippen molar-refractivity contribution in [3.05, 3.63) is 53.6 Å². The van der Waals surface area contributed by atoms with Crippen LogP contribution in [0.3, 0.4) is 0 Å². The zero-order valence-corrected chi connectivity index (χ0v) is 12.2. The molecule has 0 atom stereocenters. The number of terminal acetylenes is 1. The Balaban J connectivity index is 2.51. The third-order valence-electron chi connectivity index (χ3n) is 3.19. The number of halogens is 3. The van der Waals surface area contributed by atoms with E-state index in [1.807, 2.05) is 0 Å². The molecule has 0 aliphatic carbocycles. The van der Waals surface area contributed by atoms with Crippen molar-refractivity contribution in [2.45, 2.75) is 19.0 Å². The molecule has 0 heterocycles. The normalized spacial score (nSPS) is 10.5. The van der Waals surface area contributed by atoms with E-state index < -0.39 is 11.7 Å². The molecule has 2 aromatic rings. The molecule has 2 N–H and O–H groups in total. The van der Waals surface area contributed by atoms with Gasteiger partial charge in [-0.25, -0.2) is 0 Å². The molecule has 0 saturated heterocycles. The summed E-state index contributed by atoms with van der Waals surface area (Å²) < 4.78 is 38.7. The number of hydrogen-bond donors (Lipinski definition) is 1. The summed E-state index contributed by atoms with van der Waals surface area (Å²) in [6.45, 7) is 0. The Morgan fingerprint density at radius 1 is 1.04 bits per heavy atom. The lowest BCUT2D eigenvalue weighted by Gasteiger charge is -2.12. The molecule has 0 unspecified atom stereocenters. The molecule has 0 spiro atoms. The number of nitrogen functional groups attached to an aromatic ring is 1. The van der Waals surface area contributed by atoms with Crippen LogP contribution in [-0.2, 0) is 6.18 Å². The lowest BCUT2D eigenvalue weighted by atomic mass is 9.96. The Bertz CT molecular complexity index is 802. The first kappa shape index (κ1) is 16.5. The molecule has 1 nitrogen and oxygen atoms in total. The van der Waals surface area contributed by atoms with Crippen LogP contribution < -0.4 is 5.73 Å². The van der Waals surface area contributed by atoms with Crippen molar-refractivity contribution in [3.63, 3.8) is 0 Å². The highest BCUT2D eigenvalue weighted by molar-refractivity contribution is 5.82. The number of rotatable bonds is 2. The maximum Gasteiger partial charge on any atom is 0.416 e. The first-order chi connectivity index (χ1) is 10.9. The number of alkyl halides is 3. The van der Waals surface area contributed by atoms with E-state index in [0.29, 0.717) is 35.2 Å². The smallest absolute Gasteiger partial charge is 0.398 e. The summed E-state index contributed by atoms with van der Waals surface area (Å²) in [5, 5.41) is 0. The topological polar surface area (TPSA) is 26.0 Å². The van der Waals surface area contributed by atoms with Crippen LogP contribution in [0.1, 0.15) is 24.0 Å². The molecular weight excluding hydrogens is 299 g/mol. The van der Waals surface area contributed by atoms with E-state index >= 15 is 0 Å². The van der Waals surface area contributed by atoms with Gasteiger partial charge in [-0.1, -0.05) is 30.0 Å². The molecule has 0 saturated carbocycles. The van der Waals surface area contributed by atoms with Gasteiger partial charge in [0.1, 0.15) is 0 Å². The minimum Gasteiger partial charge on any atom is -0.398 e. The Labute approximate surface area is 133 Å². The molecule has 0 amide bonds. The number of hydrogen-bond acceptors (Lipinski definition) is 1. The molecule has 0 fully saturated rings. The molecule has 0 aliphatic rings. The SMILES string of the molecule is C#CCCC#Cc1cccc(N)c1-c1cccc(C(F)(F)F)c1. The molecule has 116 valence electrons. The maximum absolute atomic E-state index is 12.9. The molecule has 0 aliphatic heterocycles. The Hall–Kier alpha value is -2.85. The minimum absolute atomic E-state index is 0.382. The van der Waals surface area contributed by atoms with Gasteiger partial charge in [0.25, 0.3) is 0 Å². The minimum atomic E-state index is -4.40. The van der Waals surface area contributed by atoms with E-state index in [1.54, 1.807) is 24.3 Å². The van der Waals surface area contributed by atoms with Gasteiger partial charge in [0.15, 0.2) is 0 Å². The molecule has 0 radical (unpaired) electrons. The summed E-state index contributed by atoms with van der Waals surface area (Å²) in [5.74, 6) is 8.34. The van der Waals surface area contributed by atoms with E-state index in [2.05, 4.69) is 17.8 Å². The molecule has 0 aromatic heterocycles. The van der Waals surface area contributed by atoms with Crippen LogP contribution in [-0.4, -0.2) is 0 Å². The fourth-order valence-corrected chi connectivity index (χ4v) is 2.14. The van der Waals surface area contributed by atoms with Crippen molar-refractivity contribution < 1.29 is 13.2 Å². The summed E-state index contributed by atoms with van der Waals surface area (Å²) >= 11 is 0. The average molecular weight is 313 g/mol. The van der Waals surface area contributed by atoms with Crippen molar-refractivity contribution in [3.8, 4) is 35.3 Å². The third-order valence-corrected chi connectivity index (χ3v) is 3.19. The summed E-state index contributed by atoms with van der Waals surface area (Å²) in [6, 6.07) is 10.2. The zero-order valence-electron chi connectivity index (χ0n) is 12.2. The lowest BCUT2D eigenvalue weighted by molar-refractivity contribution is -0.137. The second-order valence-corrected chi connectivity index (χ2v) is 4.85. The lowest BCUT2D eigenvalue weighted by Crippen LogP contribution is -2.05. The van der Waals surface area contributed by atoms with Crippen molar-refractivity contribution in [1.82, 2.24) is 0 Å². The second kappa shape index (κ2) is 6.94. The molecule has 4 heteroatoms. The predicted octanol–water partition coefficient (Wildman–Crippen LogP) is 4.72. The average Bonchev–Trinajstić information content (AvgIpc) is 2.51. The van der Waals surface area contributed by atoms with Crippen LogP contribution in [0.5, 0.6) is 0 Å². The highest BCUT2D eigenvalue weighted by atomic mass is 19.4. The van der Waals surface area contributed by atoms with Crippen molar-refractivity contribution in [2.75, 3.05) is 5.73 Å². The van der Waals surface area contributed by atoms with Gasteiger partial charge in [-0.15, -0.1) is 12.3 Å². The van der Waals surface area contributed by atoms with Gasteiger partial charge in [0.05, 0.1) is 5.56 Å². The van der Waals surface area contributed by atoms with Crippen LogP contribution >= 0.6 is 0 Å². The van der Waals surface area contributed by atoms with Crippen molar-refractivity contribution in [2.24, 2.45) is 0 Å². The van der Waals surface area contributed by atoms with Crippen LogP contribution in [0.2, 0.25) is 0 Å². The first-order valence-electron chi connectivity index (χ1n) is 6.92. The van der Waals surface area contributed by atoms with Gasteiger partial charge < -0.3 is 5.73 Å². The second-order valence-electron chi connectivity index (χ2n) is 4.85. The van der Waals surface area contributed by atoms with Gasteiger partial charge >= 0.3 is 6.18 Å². The quantitative estimate of drug-likeness (QED) is 0.484. The Morgan fingerprint density at radius 2 is 1.78 bits per heavy atom. The Kier molecular flexibility index (Phi) is 4.98. The highest BCUT2D eigenvalue weighted by Gasteiger charge is 2.30. The van der Waals surface area contributed by atoms with Gasteiger partial charge in [0.2, 0.25) is 0 Å². The molecule has 2 aromatic carbocycles. The van der Waals surface area contributed by atoms with E-state index in [4.69, 9.17) is 12.2 Å². The number of unbranched alkanes of at least 4 members (excludes halogenated alkanes) is 1. The van der Waals surface area contributed by atoms with Crippen LogP contribution in [0.25, 0.3) is 11.1 Å². The number of benzene rings is 2. The Morgan fingerprint density at radius 3 is 2.48 bits per heavy atom. The molecule has 0 bridgehead atoms. The predicted molar refractivity (Wildman–Crippen MR) is 86.2 cm³/mol. The number of nitrogens with two attached hydrogens (primary N) is 1. The maximum atomic E-state index is 12.9. The molecular formula is C19H14F3N. The van der Waals surface area contributed by atoms with Gasteiger partial charge in [-0.2, -0.15) is 13.2 Å². The van der Waals surface area contributed by atoms with Crippen LogP contribution in [0.15, 0.2) is 42.5 Å². The number of anilines is 1. The summed E-state index contributed by atoms with van der Waals surface area (Å²) in [7, 11) is 0. The van der Waals surface area contributed by atoms with Gasteiger partial charge in [-0.3, -0.25) is 0 Å². The fraction of sp³-hybridized carbons (Fsp3) is 0.158. The van der Waals surface area contributed by atoms with E-state index in [0.717, 1.165) is 12.1 Å². The van der Waals surface area contributed by atoms with E-state index in [1.165, 1.54) is 6.07 Å². The van der Waals surface area contributed by atoms with Crippen LogP contribution in [0.4, 0.5) is 18.9 Å². The summed E-state index contributed by atoms with van der Waals surface area (Å²) in [4.78, 5) is 0. The standard InChI is InChI=1S/C19H14F3N/c1-2-3-4-5-8-14-9-7-12-17(23)18(14)15-10-6-11-16(13-15)19(20,21)22/h1,6-7,9-13H,3-4,23H2. The molecule has 2 rings (SSSR count). The van der Waals surface area contributed by atoms with Crippen molar-refractivity contribution in [1.29, 1.82) is 0 Å². The van der Waals surface area contributed by atoms with Gasteiger partial charge in [0, 0.05) is 29.7 Å². The van der Waals surface area contributed by atoms with E-state index in [9.17, 15) is 13.2 Å².